The second-order valence-electron chi connectivity index (χ2n) is 4.41. The monoisotopic (exact) mass is 214 g/mol. The molecule has 0 N–H and O–H groups in total. The minimum absolute atomic E-state index is 0.0257. The molecule has 0 spiro atoms. The van der Waals surface area contributed by atoms with E-state index in [1.165, 1.54) is 39.2 Å². The summed E-state index contributed by atoms with van der Waals surface area (Å²) < 4.78 is 10.2. The molecule has 1 aliphatic rings. The van der Waals surface area contributed by atoms with Gasteiger partial charge >= 0.3 is 5.97 Å². The lowest BCUT2D eigenvalue weighted by Gasteiger charge is -2.32. The van der Waals surface area contributed by atoms with E-state index in [1.54, 1.807) is 7.11 Å². The van der Waals surface area contributed by atoms with Crippen LogP contribution in [0.2, 0.25) is 0 Å². The van der Waals surface area contributed by atoms with Crippen LogP contribution in [0.3, 0.4) is 0 Å². The first-order chi connectivity index (χ1) is 7.20. The highest BCUT2D eigenvalue weighted by atomic mass is 16.5. The quantitative estimate of drug-likeness (QED) is 0.674. The van der Waals surface area contributed by atoms with Crippen LogP contribution in [-0.4, -0.2) is 26.3 Å². The molecule has 0 saturated heterocycles. The third-order valence-corrected chi connectivity index (χ3v) is 3.45. The summed E-state index contributed by atoms with van der Waals surface area (Å²) in [7, 11) is 3.13. The predicted octanol–water partition coefficient (Wildman–Crippen LogP) is 2.39. The Morgan fingerprint density at radius 3 is 2.27 bits per heavy atom. The molecule has 0 unspecified atom stereocenters. The lowest BCUT2D eigenvalue weighted by Crippen LogP contribution is -2.36. The van der Waals surface area contributed by atoms with Crippen molar-refractivity contribution in [2.24, 2.45) is 11.8 Å². The first-order valence-corrected chi connectivity index (χ1v) is 5.81. The Morgan fingerprint density at radius 2 is 1.80 bits per heavy atom. The topological polar surface area (TPSA) is 35.5 Å². The molecule has 0 bridgehead atoms. The number of hydrogen-bond donors (Lipinski definition) is 0. The van der Waals surface area contributed by atoms with Crippen LogP contribution in [0, 0.1) is 11.8 Å². The summed E-state index contributed by atoms with van der Waals surface area (Å²) in [5, 5.41) is 0. The normalized spacial score (nSPS) is 22.1. The maximum Gasteiger partial charge on any atom is 0.311 e. The van der Waals surface area contributed by atoms with Gasteiger partial charge in [-0.05, 0) is 25.7 Å². The first-order valence-electron chi connectivity index (χ1n) is 5.81. The van der Waals surface area contributed by atoms with Crippen LogP contribution in [0.5, 0.6) is 0 Å². The molecule has 1 aliphatic carbocycles. The van der Waals surface area contributed by atoms with E-state index in [4.69, 9.17) is 9.47 Å². The van der Waals surface area contributed by atoms with Gasteiger partial charge in [-0.3, -0.25) is 4.79 Å². The Morgan fingerprint density at radius 1 is 1.20 bits per heavy atom. The van der Waals surface area contributed by atoms with E-state index in [-0.39, 0.29) is 18.0 Å². The van der Waals surface area contributed by atoms with E-state index in [0.29, 0.717) is 5.92 Å². The Balaban J connectivity index is 2.56. The fourth-order valence-electron chi connectivity index (χ4n) is 2.59. The molecule has 0 aliphatic heterocycles. The van der Waals surface area contributed by atoms with Gasteiger partial charge in [0.1, 0.15) is 0 Å². The standard InChI is InChI=1S/C12H22O3/c1-9(12(13)15-3)11(14-2)10-7-5-4-6-8-10/h9-11H,4-8H2,1-3H3/t9-,11-/m1/s1. The number of hydrogen-bond acceptors (Lipinski definition) is 3. The van der Waals surface area contributed by atoms with Gasteiger partial charge in [0.05, 0.1) is 19.1 Å². The number of methoxy groups -OCH3 is 2. The van der Waals surface area contributed by atoms with Crippen LogP contribution in [0.1, 0.15) is 39.0 Å². The number of carbonyl (C=O) groups is 1. The van der Waals surface area contributed by atoms with Crippen molar-refractivity contribution in [1.82, 2.24) is 0 Å². The summed E-state index contributed by atoms with van der Waals surface area (Å²) in [6.07, 6.45) is 6.23. The Bertz CT molecular complexity index is 197. The summed E-state index contributed by atoms with van der Waals surface area (Å²) in [4.78, 5) is 11.5. The van der Waals surface area contributed by atoms with Gasteiger partial charge in [-0.2, -0.15) is 0 Å². The van der Waals surface area contributed by atoms with E-state index in [9.17, 15) is 4.79 Å². The van der Waals surface area contributed by atoms with Crippen molar-refractivity contribution in [2.75, 3.05) is 14.2 Å². The zero-order chi connectivity index (χ0) is 11.3. The average Bonchev–Trinajstić information content (AvgIpc) is 2.30. The first kappa shape index (κ1) is 12.5. The van der Waals surface area contributed by atoms with Crippen LogP contribution >= 0.6 is 0 Å². The van der Waals surface area contributed by atoms with Crippen LogP contribution in [0.4, 0.5) is 0 Å². The SMILES string of the molecule is COC(=O)[C@H](C)[C@@H](OC)C1CCCCC1. The average molecular weight is 214 g/mol. The molecule has 0 aromatic rings. The van der Waals surface area contributed by atoms with Crippen molar-refractivity contribution < 1.29 is 14.3 Å². The van der Waals surface area contributed by atoms with Crippen molar-refractivity contribution >= 4 is 5.97 Å². The number of ether oxygens (including phenoxy) is 2. The molecule has 15 heavy (non-hydrogen) atoms. The molecular weight excluding hydrogens is 192 g/mol. The lowest BCUT2D eigenvalue weighted by atomic mass is 9.81. The zero-order valence-corrected chi connectivity index (χ0v) is 9.99. The number of rotatable bonds is 4. The minimum Gasteiger partial charge on any atom is -0.469 e. The second-order valence-corrected chi connectivity index (χ2v) is 4.41. The smallest absolute Gasteiger partial charge is 0.311 e. The van der Waals surface area contributed by atoms with Gasteiger partial charge in [0.2, 0.25) is 0 Å². The van der Waals surface area contributed by atoms with E-state index >= 15 is 0 Å². The van der Waals surface area contributed by atoms with Crippen LogP contribution in [0.15, 0.2) is 0 Å². The third-order valence-electron chi connectivity index (χ3n) is 3.45. The fourth-order valence-corrected chi connectivity index (χ4v) is 2.59. The molecule has 0 radical (unpaired) electrons. The molecule has 0 aromatic carbocycles. The second kappa shape index (κ2) is 6.11. The molecule has 88 valence electrons. The fraction of sp³-hybridized carbons (Fsp3) is 0.917. The molecular formula is C12H22O3. The number of esters is 1. The highest BCUT2D eigenvalue weighted by Gasteiger charge is 2.32. The molecule has 3 nitrogen and oxygen atoms in total. The van der Waals surface area contributed by atoms with Crippen molar-refractivity contribution in [1.29, 1.82) is 0 Å². The minimum atomic E-state index is -0.160. The Kier molecular flexibility index (Phi) is 5.09. The van der Waals surface area contributed by atoms with E-state index < -0.39 is 0 Å². The Hall–Kier alpha value is -0.570. The summed E-state index contributed by atoms with van der Waals surface area (Å²) in [5.74, 6) is 0.216. The summed E-state index contributed by atoms with van der Waals surface area (Å²) >= 11 is 0. The maximum atomic E-state index is 11.5. The van der Waals surface area contributed by atoms with Crippen LogP contribution in [-0.2, 0) is 14.3 Å². The molecule has 1 fully saturated rings. The van der Waals surface area contributed by atoms with E-state index in [0.717, 1.165) is 0 Å². The van der Waals surface area contributed by atoms with Crippen molar-refractivity contribution in [2.45, 2.75) is 45.1 Å². The van der Waals surface area contributed by atoms with Crippen LogP contribution < -0.4 is 0 Å². The van der Waals surface area contributed by atoms with Gasteiger partial charge in [-0.15, -0.1) is 0 Å². The summed E-state index contributed by atoms with van der Waals surface area (Å²) in [6.45, 7) is 1.90. The molecule has 1 saturated carbocycles. The predicted molar refractivity (Wildman–Crippen MR) is 58.6 cm³/mol. The molecule has 0 aromatic heterocycles. The Labute approximate surface area is 92.1 Å². The van der Waals surface area contributed by atoms with Crippen molar-refractivity contribution in [3.63, 3.8) is 0 Å². The van der Waals surface area contributed by atoms with Gasteiger partial charge in [0.25, 0.3) is 0 Å². The lowest BCUT2D eigenvalue weighted by molar-refractivity contribution is -0.151. The third kappa shape index (κ3) is 3.20. The maximum absolute atomic E-state index is 11.5. The zero-order valence-electron chi connectivity index (χ0n) is 9.99. The van der Waals surface area contributed by atoms with E-state index in [1.807, 2.05) is 6.92 Å². The number of carbonyl (C=O) groups excluding carboxylic acids is 1. The van der Waals surface area contributed by atoms with Gasteiger partial charge in [0.15, 0.2) is 0 Å². The highest BCUT2D eigenvalue weighted by Crippen LogP contribution is 2.31. The van der Waals surface area contributed by atoms with Gasteiger partial charge < -0.3 is 9.47 Å². The molecule has 2 atom stereocenters. The van der Waals surface area contributed by atoms with Gasteiger partial charge in [-0.25, -0.2) is 0 Å². The van der Waals surface area contributed by atoms with Gasteiger partial charge in [0, 0.05) is 7.11 Å². The molecule has 3 heteroatoms. The molecule has 0 heterocycles. The summed E-state index contributed by atoms with van der Waals surface area (Å²) in [5.41, 5.74) is 0. The van der Waals surface area contributed by atoms with Crippen molar-refractivity contribution in [3.8, 4) is 0 Å². The van der Waals surface area contributed by atoms with E-state index in [2.05, 4.69) is 0 Å². The highest BCUT2D eigenvalue weighted by molar-refractivity contribution is 5.72. The van der Waals surface area contributed by atoms with Crippen molar-refractivity contribution in [3.05, 3.63) is 0 Å². The van der Waals surface area contributed by atoms with Crippen LogP contribution in [0.25, 0.3) is 0 Å². The van der Waals surface area contributed by atoms with Gasteiger partial charge in [-0.1, -0.05) is 19.3 Å². The molecule has 0 amide bonds. The molecule has 1 rings (SSSR count). The largest absolute Gasteiger partial charge is 0.469 e. The summed E-state index contributed by atoms with van der Waals surface area (Å²) in [6, 6.07) is 0.